The number of carbonyl (C=O) groups is 2. The molecule has 0 aliphatic carbocycles. The third-order valence-corrected chi connectivity index (χ3v) is 7.74. The van der Waals surface area contributed by atoms with E-state index >= 15 is 0 Å². The number of rotatable bonds is 8. The molecule has 1 N–H and O–H groups in total. The molecule has 0 aliphatic rings. The largest absolute Gasteiger partial charge is 0.357 e. The van der Waals surface area contributed by atoms with Crippen molar-refractivity contribution in [3.05, 3.63) is 76.8 Å². The maximum absolute atomic E-state index is 13.2. The molecule has 3 rings (SSSR count). The fourth-order valence-corrected chi connectivity index (χ4v) is 5.10. The van der Waals surface area contributed by atoms with Gasteiger partial charge in [0.1, 0.15) is 6.04 Å². The van der Waals surface area contributed by atoms with Gasteiger partial charge in [-0.25, -0.2) is 8.42 Å². The molecule has 1 atom stereocenters. The summed E-state index contributed by atoms with van der Waals surface area (Å²) in [6.45, 7) is 1.38. The highest BCUT2D eigenvalue weighted by Crippen LogP contribution is 2.22. The Kier molecular flexibility index (Phi) is 7.88. The zero-order valence-corrected chi connectivity index (χ0v) is 21.1. The number of benzene rings is 3. The number of amides is 2. The van der Waals surface area contributed by atoms with Gasteiger partial charge in [-0.3, -0.25) is 9.59 Å². The third kappa shape index (κ3) is 5.79. The second-order valence-corrected chi connectivity index (χ2v) is 10.7. The minimum absolute atomic E-state index is 0.106. The Morgan fingerprint density at radius 3 is 2.36 bits per heavy atom. The summed E-state index contributed by atoms with van der Waals surface area (Å²) in [6, 6.07) is 18.9. The van der Waals surface area contributed by atoms with Crippen LogP contribution < -0.4 is 5.32 Å². The van der Waals surface area contributed by atoms with E-state index in [1.165, 1.54) is 25.1 Å². The molecule has 174 valence electrons. The van der Waals surface area contributed by atoms with E-state index < -0.39 is 28.5 Å². The van der Waals surface area contributed by atoms with Crippen molar-refractivity contribution < 1.29 is 18.0 Å². The number of hydrogen-bond donors (Lipinski definition) is 1. The highest BCUT2D eigenvalue weighted by Gasteiger charge is 2.30. The van der Waals surface area contributed by atoms with Gasteiger partial charge in [0.25, 0.3) is 0 Å². The van der Waals surface area contributed by atoms with Crippen LogP contribution in [-0.4, -0.2) is 56.1 Å². The summed E-state index contributed by atoms with van der Waals surface area (Å²) in [5.41, 5.74) is 0.813. The highest BCUT2D eigenvalue weighted by molar-refractivity contribution is 9.10. The zero-order chi connectivity index (χ0) is 24.2. The van der Waals surface area contributed by atoms with Gasteiger partial charge in [-0.2, -0.15) is 4.31 Å². The molecule has 0 radical (unpaired) electrons. The van der Waals surface area contributed by atoms with Crippen LogP contribution in [0, 0.1) is 0 Å². The predicted octanol–water partition coefficient (Wildman–Crippen LogP) is 3.39. The first-order valence-electron chi connectivity index (χ1n) is 10.3. The number of carbonyl (C=O) groups excluding carboxylic acids is 2. The molecular weight excluding hydrogens is 506 g/mol. The Hall–Kier alpha value is -2.75. The maximum atomic E-state index is 13.2. The Morgan fingerprint density at radius 2 is 1.70 bits per heavy atom. The highest BCUT2D eigenvalue weighted by atomic mass is 79.9. The summed E-state index contributed by atoms with van der Waals surface area (Å²) in [6.07, 6.45) is 0. The van der Waals surface area contributed by atoms with Crippen LogP contribution in [-0.2, 0) is 26.2 Å². The molecule has 0 unspecified atom stereocenters. The molecular formula is C24H26BrN3O4S. The Bertz CT molecular complexity index is 1280. The second kappa shape index (κ2) is 10.5. The smallest absolute Gasteiger partial charge is 0.243 e. The molecule has 0 aromatic heterocycles. The van der Waals surface area contributed by atoms with Crippen LogP contribution in [0.5, 0.6) is 0 Å². The minimum atomic E-state index is -3.91. The number of fused-ring (bicyclic) bond motifs is 1. The standard InChI is InChI=1S/C24H26BrN3O4S/c1-17(24(30)26-2)28(15-18-7-6-10-21(25)13-18)23(29)16-27(3)33(31,32)22-12-11-19-8-4-5-9-20(19)14-22/h4-14,17H,15-16H2,1-3H3,(H,26,30)/t17-/m1/s1. The average molecular weight is 532 g/mol. The van der Waals surface area contributed by atoms with Crippen LogP contribution in [0.1, 0.15) is 12.5 Å². The third-order valence-electron chi connectivity index (χ3n) is 5.44. The number of nitrogens with one attached hydrogen (secondary N) is 1. The summed E-state index contributed by atoms with van der Waals surface area (Å²) in [5.74, 6) is -0.809. The van der Waals surface area contributed by atoms with Gasteiger partial charge in [0.2, 0.25) is 21.8 Å². The minimum Gasteiger partial charge on any atom is -0.357 e. The number of sulfonamides is 1. The van der Waals surface area contributed by atoms with Crippen LogP contribution in [0.15, 0.2) is 76.1 Å². The maximum Gasteiger partial charge on any atom is 0.243 e. The first-order valence-corrected chi connectivity index (χ1v) is 12.6. The van der Waals surface area contributed by atoms with E-state index in [0.29, 0.717) is 0 Å². The monoisotopic (exact) mass is 531 g/mol. The molecule has 33 heavy (non-hydrogen) atoms. The van der Waals surface area contributed by atoms with Gasteiger partial charge in [-0.15, -0.1) is 0 Å². The lowest BCUT2D eigenvalue weighted by molar-refractivity contribution is -0.140. The summed E-state index contributed by atoms with van der Waals surface area (Å²) in [7, 11) is -1.05. The Labute approximate surface area is 202 Å². The van der Waals surface area contributed by atoms with Crippen molar-refractivity contribution in [2.24, 2.45) is 0 Å². The molecule has 2 amide bonds. The van der Waals surface area contributed by atoms with Crippen molar-refractivity contribution in [1.29, 1.82) is 0 Å². The van der Waals surface area contributed by atoms with Crippen LogP contribution in [0.2, 0.25) is 0 Å². The first kappa shape index (κ1) is 24.9. The van der Waals surface area contributed by atoms with Crippen molar-refractivity contribution in [3.8, 4) is 0 Å². The molecule has 0 saturated heterocycles. The van der Waals surface area contributed by atoms with Crippen molar-refractivity contribution in [3.63, 3.8) is 0 Å². The quantitative estimate of drug-likeness (QED) is 0.482. The lowest BCUT2D eigenvalue weighted by atomic mass is 10.1. The van der Waals surface area contributed by atoms with E-state index in [4.69, 9.17) is 0 Å². The van der Waals surface area contributed by atoms with Crippen molar-refractivity contribution in [1.82, 2.24) is 14.5 Å². The fraction of sp³-hybridized carbons (Fsp3) is 0.250. The lowest BCUT2D eigenvalue weighted by Gasteiger charge is -2.30. The molecule has 7 nitrogen and oxygen atoms in total. The fourth-order valence-electron chi connectivity index (χ4n) is 3.50. The molecule has 3 aromatic carbocycles. The molecule has 0 bridgehead atoms. The van der Waals surface area contributed by atoms with E-state index in [1.807, 2.05) is 48.5 Å². The average Bonchev–Trinajstić information content (AvgIpc) is 2.81. The molecule has 9 heteroatoms. The van der Waals surface area contributed by atoms with Gasteiger partial charge in [0.05, 0.1) is 11.4 Å². The van der Waals surface area contributed by atoms with Crippen molar-refractivity contribution in [2.75, 3.05) is 20.6 Å². The molecule has 0 fully saturated rings. The van der Waals surface area contributed by atoms with E-state index in [-0.39, 0.29) is 17.3 Å². The van der Waals surface area contributed by atoms with E-state index in [9.17, 15) is 18.0 Å². The summed E-state index contributed by atoms with van der Waals surface area (Å²) in [4.78, 5) is 27.0. The SMILES string of the molecule is CNC(=O)[C@@H](C)N(Cc1cccc(Br)c1)C(=O)CN(C)S(=O)(=O)c1ccc2ccccc2c1. The lowest BCUT2D eigenvalue weighted by Crippen LogP contribution is -2.50. The van der Waals surface area contributed by atoms with Crippen LogP contribution in [0.25, 0.3) is 10.8 Å². The second-order valence-electron chi connectivity index (χ2n) is 7.71. The molecule has 3 aromatic rings. The van der Waals surface area contributed by atoms with Gasteiger partial charge in [-0.05, 0) is 47.5 Å². The number of hydrogen-bond acceptors (Lipinski definition) is 4. The Balaban J connectivity index is 1.85. The van der Waals surface area contributed by atoms with E-state index in [0.717, 1.165) is 25.1 Å². The normalized spacial score (nSPS) is 12.5. The van der Waals surface area contributed by atoms with Gasteiger partial charge in [0, 0.05) is 25.1 Å². The zero-order valence-electron chi connectivity index (χ0n) is 18.7. The summed E-state index contributed by atoms with van der Waals surface area (Å²) in [5, 5.41) is 4.27. The predicted molar refractivity (Wildman–Crippen MR) is 132 cm³/mol. The molecule has 0 spiro atoms. The van der Waals surface area contributed by atoms with Gasteiger partial charge in [-0.1, -0.05) is 58.4 Å². The van der Waals surface area contributed by atoms with Gasteiger partial charge >= 0.3 is 0 Å². The first-order chi connectivity index (χ1) is 15.6. The van der Waals surface area contributed by atoms with E-state index in [2.05, 4.69) is 21.2 Å². The molecule has 0 aliphatic heterocycles. The molecule has 0 heterocycles. The van der Waals surface area contributed by atoms with Crippen LogP contribution in [0.3, 0.4) is 0 Å². The molecule has 0 saturated carbocycles. The Morgan fingerprint density at radius 1 is 1.00 bits per heavy atom. The number of nitrogens with zero attached hydrogens (tertiary/aromatic N) is 2. The van der Waals surface area contributed by atoms with Crippen LogP contribution in [0.4, 0.5) is 0 Å². The summed E-state index contributed by atoms with van der Waals surface area (Å²) < 4.78 is 28.2. The van der Waals surface area contributed by atoms with Gasteiger partial charge < -0.3 is 10.2 Å². The van der Waals surface area contributed by atoms with Crippen LogP contribution >= 0.6 is 15.9 Å². The number of likely N-dealkylation sites (N-methyl/N-ethyl adjacent to an activating group) is 2. The van der Waals surface area contributed by atoms with Crippen molar-refractivity contribution in [2.45, 2.75) is 24.4 Å². The number of halogens is 1. The summed E-state index contributed by atoms with van der Waals surface area (Å²) >= 11 is 3.41. The van der Waals surface area contributed by atoms with Crippen molar-refractivity contribution >= 4 is 48.5 Å². The topological polar surface area (TPSA) is 86.8 Å². The van der Waals surface area contributed by atoms with E-state index in [1.54, 1.807) is 19.1 Å². The van der Waals surface area contributed by atoms with Gasteiger partial charge in [0.15, 0.2) is 0 Å².